The Kier molecular flexibility index (Phi) is 20.9. The summed E-state index contributed by atoms with van der Waals surface area (Å²) in [5.41, 5.74) is -2.17. The molecule has 472 valence electrons. The number of carboxylic acids is 2. The van der Waals surface area contributed by atoms with E-state index in [0.717, 1.165) is 44.9 Å². The number of aromatic nitrogens is 2. The number of carbonyl (C=O) groups excluding carboxylic acids is 6. The summed E-state index contributed by atoms with van der Waals surface area (Å²) in [6.45, 7) is 10.6. The van der Waals surface area contributed by atoms with E-state index < -0.39 is 87.9 Å². The number of nitrogens with zero attached hydrogens (tertiary/aromatic N) is 4. The smallest absolute Gasteiger partial charge is 0.394 e. The number of carbonyl (C=O) groups is 8. The van der Waals surface area contributed by atoms with Crippen molar-refractivity contribution in [2.45, 2.75) is 193 Å². The average molecular weight is 1230 g/mol. The number of benzene rings is 2. The first kappa shape index (κ1) is 65.9. The molecule has 6 aliphatic rings. The highest BCUT2D eigenvalue weighted by Crippen LogP contribution is 2.58. The molecule has 87 heavy (non-hydrogen) atoms. The Morgan fingerprint density at radius 2 is 1.11 bits per heavy atom. The van der Waals surface area contributed by atoms with Gasteiger partial charge in [0, 0.05) is 56.2 Å². The number of rotatable bonds is 8. The Morgan fingerprint density at radius 3 is 1.60 bits per heavy atom. The molecular weight excluding hydrogens is 1150 g/mol. The van der Waals surface area contributed by atoms with Gasteiger partial charge >= 0.3 is 30.0 Å². The maximum Gasteiger partial charge on any atom is 0.394 e. The number of fused-ring (bicyclic) bond motifs is 6. The van der Waals surface area contributed by atoms with Crippen molar-refractivity contribution >= 4 is 81.1 Å². The fourth-order valence-corrected chi connectivity index (χ4v) is 12.4. The van der Waals surface area contributed by atoms with Crippen LogP contribution >= 0.6 is 11.6 Å². The van der Waals surface area contributed by atoms with E-state index in [0.29, 0.717) is 48.8 Å². The second-order valence-corrected chi connectivity index (χ2v) is 26.3. The molecule has 0 radical (unpaired) electrons. The number of carboxylic acid groups (broad SMARTS) is 2. The molecule has 4 fully saturated rings. The summed E-state index contributed by atoms with van der Waals surface area (Å²) < 4.78 is 53.6. The number of oxazole rings is 2. The number of aliphatic hydroxyl groups excluding tert-OH is 1. The molecular formula is C64H79ClF2N4O16. The van der Waals surface area contributed by atoms with Crippen LogP contribution in [0.5, 0.6) is 6.08 Å². The summed E-state index contributed by atoms with van der Waals surface area (Å²) in [6, 6.07) is 6.14. The minimum absolute atomic E-state index is 0.0173. The Labute approximate surface area is 508 Å². The summed E-state index contributed by atoms with van der Waals surface area (Å²) in [5, 5.41) is 30.2. The molecule has 10 atom stereocenters. The van der Waals surface area contributed by atoms with Crippen LogP contribution in [0.2, 0.25) is 5.35 Å². The average Bonchev–Trinajstić information content (AvgIpc) is 1.65. The number of ether oxygens (including phenoxy) is 3. The van der Waals surface area contributed by atoms with Gasteiger partial charge in [-0.3, -0.25) is 38.4 Å². The summed E-state index contributed by atoms with van der Waals surface area (Å²) in [5.74, 6) is -6.94. The molecule has 0 unspecified atom stereocenters. The number of hydrogen-bond donors (Lipinski definition) is 3. The van der Waals surface area contributed by atoms with E-state index in [1.165, 1.54) is 46.2 Å². The van der Waals surface area contributed by atoms with Crippen molar-refractivity contribution in [3.05, 3.63) is 77.7 Å². The van der Waals surface area contributed by atoms with Crippen molar-refractivity contribution < 1.29 is 85.5 Å². The molecule has 2 aliphatic carbocycles. The third-order valence-corrected chi connectivity index (χ3v) is 17.0. The number of aliphatic hydroxyl groups is 1. The fraction of sp³-hybridized carbons (Fsp3) is 0.594. The lowest BCUT2D eigenvalue weighted by Crippen LogP contribution is -2.45. The highest BCUT2D eigenvalue weighted by atomic mass is 35.5. The van der Waals surface area contributed by atoms with E-state index in [9.17, 15) is 62.5 Å². The van der Waals surface area contributed by atoms with Crippen LogP contribution in [0.1, 0.15) is 157 Å². The number of esters is 2. The molecule has 0 spiro atoms. The number of allylic oxidation sites excluding steroid dienone is 4. The molecule has 2 saturated carbocycles. The zero-order chi connectivity index (χ0) is 63.2. The van der Waals surface area contributed by atoms with Gasteiger partial charge in [0.2, 0.25) is 11.8 Å². The van der Waals surface area contributed by atoms with Crippen LogP contribution in [0.15, 0.2) is 69.5 Å². The van der Waals surface area contributed by atoms with Gasteiger partial charge in [-0.1, -0.05) is 50.0 Å². The van der Waals surface area contributed by atoms with Gasteiger partial charge in [0.15, 0.2) is 22.7 Å². The third kappa shape index (κ3) is 17.2. The Morgan fingerprint density at radius 1 is 0.655 bits per heavy atom. The number of amides is 2. The van der Waals surface area contributed by atoms with Crippen LogP contribution < -0.4 is 4.74 Å². The quantitative estimate of drug-likeness (QED) is 0.109. The number of Topliss-reactive ketones (excluding diaryl/α,β-unsaturated/α-hetero) is 2. The van der Waals surface area contributed by atoms with E-state index in [1.807, 2.05) is 24.3 Å². The van der Waals surface area contributed by atoms with E-state index in [1.54, 1.807) is 41.5 Å². The number of aliphatic carboxylic acids is 2. The Hall–Kier alpha value is -7.07. The van der Waals surface area contributed by atoms with Gasteiger partial charge in [0.1, 0.15) is 40.0 Å². The van der Waals surface area contributed by atoms with Crippen LogP contribution in [-0.4, -0.2) is 131 Å². The van der Waals surface area contributed by atoms with Gasteiger partial charge in [-0.15, -0.1) is 0 Å². The number of ketones is 2. The molecule has 6 heterocycles. The fourth-order valence-electron chi connectivity index (χ4n) is 12.3. The van der Waals surface area contributed by atoms with Gasteiger partial charge in [-0.05, 0) is 141 Å². The highest BCUT2D eigenvalue weighted by Gasteiger charge is 2.62. The van der Waals surface area contributed by atoms with Crippen molar-refractivity contribution in [1.29, 1.82) is 0 Å². The van der Waals surface area contributed by atoms with Crippen molar-refractivity contribution in [3.63, 3.8) is 0 Å². The monoisotopic (exact) mass is 1230 g/mol. The first-order valence-corrected chi connectivity index (χ1v) is 30.4. The predicted molar refractivity (Wildman–Crippen MR) is 312 cm³/mol. The van der Waals surface area contributed by atoms with Crippen LogP contribution in [0, 0.1) is 46.1 Å². The van der Waals surface area contributed by atoms with Gasteiger partial charge in [0.05, 0.1) is 48.4 Å². The van der Waals surface area contributed by atoms with Crippen molar-refractivity contribution in [1.82, 2.24) is 19.8 Å². The molecule has 23 heteroatoms. The van der Waals surface area contributed by atoms with Gasteiger partial charge in [0.25, 0.3) is 5.35 Å². The molecule has 4 aliphatic heterocycles. The topological polar surface area (TPSA) is 283 Å². The second kappa shape index (κ2) is 27.5. The zero-order valence-electron chi connectivity index (χ0n) is 50.1. The molecule has 2 amide bonds. The highest BCUT2D eigenvalue weighted by molar-refractivity contribution is 6.28. The SMILES string of the molecule is CC(C)(C)OC(=O)C[C@H]1CCCCC/C=C\[C@@H]2C[C@@]2(C(=O)O)CC(=O)[C@@H]2C[C@@H](O)CN2C1=O.CC(C)(C)OC(=O)C[C@H]1CCCCC/C=C\[C@@H]2C[C@@]2(C(=O)O)CC(=O)[C@@H]2C[C@@H](Oc3nc4cc(F)ccc4o3)CN2C1=O.Fc1ccc2oc(Cl)nc2c1. The molecule has 10 rings (SSSR count). The minimum atomic E-state index is -1.19. The molecule has 3 N–H and O–H groups in total. The maximum absolute atomic E-state index is 14.1. The Bertz CT molecular complexity index is 3270. The molecule has 2 aromatic heterocycles. The first-order valence-electron chi connectivity index (χ1n) is 30.1. The molecule has 4 aromatic rings. The molecule has 20 nitrogen and oxygen atoms in total. The first-order chi connectivity index (χ1) is 41.0. The summed E-state index contributed by atoms with van der Waals surface area (Å²) in [6.07, 6.45) is 14.0. The van der Waals surface area contributed by atoms with E-state index in [2.05, 4.69) is 9.97 Å². The van der Waals surface area contributed by atoms with Gasteiger partial charge < -0.3 is 48.2 Å². The lowest BCUT2D eigenvalue weighted by Gasteiger charge is -2.29. The second-order valence-electron chi connectivity index (χ2n) is 26.0. The summed E-state index contributed by atoms with van der Waals surface area (Å²) >= 11 is 5.44. The van der Waals surface area contributed by atoms with Crippen molar-refractivity contribution in [3.8, 4) is 6.08 Å². The standard InChI is InChI=1S/C32H39FN2O8.C25H37NO7.C7H3ClFNO/c1-31(2,3)43-27(37)13-19-9-7-5-4-6-8-10-20-16-32(20,29(39)40)17-25(36)24-15-22(18-35(24)28(19)38)41-30-34-23-14-21(33)11-12-26(23)42-30;1-24(2,3)33-21(29)11-16-9-7-5-4-6-8-10-17-13-25(17,23(31)32)14-20(28)19-12-18(27)15-26(19)22(16)30;8-7-10-5-3-4(9)1-2-6(5)11-7/h8,10-12,14,19-20,22,24H,4-7,9,13,15-18H2,1-3H3,(H,39,40);8,10,16-19,27H,4-7,9,11-15H2,1-3H3,(H,31,32);1-3H/b2*10-8-;/t19-,20-,22-,24+,32-;16-,17-,18-,19+,25-;/m11./s1. The van der Waals surface area contributed by atoms with Crippen LogP contribution in [-0.2, 0) is 47.8 Å². The van der Waals surface area contributed by atoms with Crippen LogP contribution in [0.25, 0.3) is 22.2 Å². The van der Waals surface area contributed by atoms with Crippen LogP contribution in [0.3, 0.4) is 0 Å². The third-order valence-electron chi connectivity index (χ3n) is 16.8. The van der Waals surface area contributed by atoms with Gasteiger partial charge in [-0.25, -0.2) is 8.78 Å². The molecule has 2 aromatic carbocycles. The Balaban J connectivity index is 0.000000196. The van der Waals surface area contributed by atoms with Gasteiger partial charge in [-0.2, -0.15) is 9.97 Å². The normalized spacial score (nSPS) is 28.9. The predicted octanol–water partition coefficient (Wildman–Crippen LogP) is 10.7. The van der Waals surface area contributed by atoms with E-state index >= 15 is 0 Å². The largest absolute Gasteiger partial charge is 0.481 e. The maximum atomic E-state index is 14.1. The number of halogens is 3. The molecule has 0 bridgehead atoms. The summed E-state index contributed by atoms with van der Waals surface area (Å²) in [4.78, 5) is 115. The van der Waals surface area contributed by atoms with E-state index in [4.69, 9.17) is 34.6 Å². The van der Waals surface area contributed by atoms with E-state index in [-0.39, 0.29) is 110 Å². The number of hydrogen-bond acceptors (Lipinski definition) is 16. The van der Waals surface area contributed by atoms with Crippen LogP contribution in [0.4, 0.5) is 8.78 Å². The van der Waals surface area contributed by atoms with Crippen molar-refractivity contribution in [2.75, 3.05) is 13.1 Å². The minimum Gasteiger partial charge on any atom is -0.481 e. The zero-order valence-corrected chi connectivity index (χ0v) is 50.9. The van der Waals surface area contributed by atoms with Crippen molar-refractivity contribution in [2.24, 2.45) is 34.5 Å². The lowest BCUT2D eigenvalue weighted by atomic mass is 9.91. The lowest BCUT2D eigenvalue weighted by molar-refractivity contribution is -0.159. The summed E-state index contributed by atoms with van der Waals surface area (Å²) in [7, 11) is 0. The molecule has 2 saturated heterocycles.